The molecule has 0 bridgehead atoms. The van der Waals surface area contributed by atoms with Gasteiger partial charge in [0.1, 0.15) is 23.0 Å². The van der Waals surface area contributed by atoms with Crippen LogP contribution in [0.3, 0.4) is 0 Å². The van der Waals surface area contributed by atoms with Gasteiger partial charge in [0.05, 0.1) is 17.5 Å². The van der Waals surface area contributed by atoms with Gasteiger partial charge in [0, 0.05) is 0 Å². The fourth-order valence-electron chi connectivity index (χ4n) is 1.35. The number of nitriles is 1. The number of carboxylic acid groups (broad SMARTS) is 1. The molecule has 1 rings (SSSR count). The lowest BCUT2D eigenvalue weighted by atomic mass is 10.2. The molecule has 1 heterocycles. The number of rotatable bonds is 5. The first-order valence-electron chi connectivity index (χ1n) is 5.30. The number of aromatic carboxylic acids is 1. The van der Waals surface area contributed by atoms with Gasteiger partial charge in [-0.25, -0.2) is 14.8 Å². The van der Waals surface area contributed by atoms with Gasteiger partial charge < -0.3 is 10.4 Å². The second kappa shape index (κ2) is 6.70. The summed E-state index contributed by atoms with van der Waals surface area (Å²) in [5, 5.41) is 20.1. The second-order valence-corrected chi connectivity index (χ2v) is 4.53. The summed E-state index contributed by atoms with van der Waals surface area (Å²) in [4.78, 5) is 30.5. The molecule has 7 nitrogen and oxygen atoms in total. The minimum absolute atomic E-state index is 0.00213. The summed E-state index contributed by atoms with van der Waals surface area (Å²) < 4.78 is 0. The van der Waals surface area contributed by atoms with Crippen molar-refractivity contribution in [3.63, 3.8) is 0 Å². The number of hydrogen-bond donors (Lipinski definition) is 2. The first-order chi connectivity index (χ1) is 8.95. The van der Waals surface area contributed by atoms with Gasteiger partial charge in [0.2, 0.25) is 5.91 Å². The van der Waals surface area contributed by atoms with Crippen LogP contribution in [0, 0.1) is 25.2 Å². The molecule has 0 aliphatic carbocycles. The molecule has 19 heavy (non-hydrogen) atoms. The van der Waals surface area contributed by atoms with Crippen LogP contribution >= 0.6 is 11.8 Å². The van der Waals surface area contributed by atoms with E-state index >= 15 is 0 Å². The third-order valence-corrected chi connectivity index (χ3v) is 3.06. The molecule has 0 saturated carbocycles. The number of nitrogens with zero attached hydrogens (tertiary/aromatic N) is 3. The zero-order valence-electron chi connectivity index (χ0n) is 10.4. The molecule has 0 fully saturated rings. The maximum Gasteiger partial charge on any atom is 0.340 e. The summed E-state index contributed by atoms with van der Waals surface area (Å²) in [6.45, 7) is 3.16. The van der Waals surface area contributed by atoms with Gasteiger partial charge in [-0.3, -0.25) is 4.79 Å². The maximum atomic E-state index is 11.4. The molecule has 1 aromatic rings. The van der Waals surface area contributed by atoms with Crippen LogP contribution < -0.4 is 5.32 Å². The van der Waals surface area contributed by atoms with Gasteiger partial charge in [-0.15, -0.1) is 0 Å². The van der Waals surface area contributed by atoms with E-state index < -0.39 is 5.97 Å². The Morgan fingerprint density at radius 2 is 2.11 bits per heavy atom. The summed E-state index contributed by atoms with van der Waals surface area (Å²) in [6, 6.07) is 1.78. The number of carbonyl (C=O) groups excluding carboxylic acids is 1. The highest BCUT2D eigenvalue weighted by atomic mass is 32.2. The van der Waals surface area contributed by atoms with Gasteiger partial charge >= 0.3 is 5.97 Å². The Balaban J connectivity index is 2.86. The monoisotopic (exact) mass is 280 g/mol. The van der Waals surface area contributed by atoms with Crippen molar-refractivity contribution in [2.45, 2.75) is 18.9 Å². The van der Waals surface area contributed by atoms with Crippen molar-refractivity contribution >= 4 is 23.6 Å². The summed E-state index contributed by atoms with van der Waals surface area (Å²) in [5.74, 6) is -1.03. The lowest BCUT2D eigenvalue weighted by Gasteiger charge is -2.08. The van der Waals surface area contributed by atoms with E-state index in [1.54, 1.807) is 19.9 Å². The van der Waals surface area contributed by atoms with Crippen molar-refractivity contribution in [2.75, 3.05) is 12.3 Å². The molecule has 8 heteroatoms. The zero-order chi connectivity index (χ0) is 14.4. The Kier molecular flexibility index (Phi) is 5.26. The standard InChI is InChI=1S/C11H12N4O3S/c1-6-9(11(17)18)10(15-7(2)14-6)19-5-8(16)13-4-3-12/h4-5H2,1-2H3,(H,13,16)(H,17,18). The van der Waals surface area contributed by atoms with Gasteiger partial charge in [0.15, 0.2) is 0 Å². The van der Waals surface area contributed by atoms with E-state index in [4.69, 9.17) is 10.4 Å². The number of carbonyl (C=O) groups is 2. The van der Waals surface area contributed by atoms with Crippen LogP contribution in [0.5, 0.6) is 0 Å². The predicted octanol–water partition coefficient (Wildman–Crippen LogP) is 0.524. The number of carboxylic acids is 1. The van der Waals surface area contributed by atoms with Crippen LogP contribution in [-0.2, 0) is 4.79 Å². The van der Waals surface area contributed by atoms with Crippen LogP contribution in [-0.4, -0.2) is 39.2 Å². The van der Waals surface area contributed by atoms with Gasteiger partial charge in [-0.2, -0.15) is 5.26 Å². The van der Waals surface area contributed by atoms with E-state index in [9.17, 15) is 9.59 Å². The van der Waals surface area contributed by atoms with Gasteiger partial charge in [-0.05, 0) is 13.8 Å². The molecule has 0 unspecified atom stereocenters. The van der Waals surface area contributed by atoms with Crippen molar-refractivity contribution in [3.05, 3.63) is 17.1 Å². The molecule has 0 aliphatic rings. The van der Waals surface area contributed by atoms with E-state index in [0.29, 0.717) is 11.5 Å². The molecule has 1 aromatic heterocycles. The van der Waals surface area contributed by atoms with E-state index in [0.717, 1.165) is 11.8 Å². The number of amides is 1. The lowest BCUT2D eigenvalue weighted by Crippen LogP contribution is -2.25. The molecule has 0 aliphatic heterocycles. The zero-order valence-corrected chi connectivity index (χ0v) is 11.2. The van der Waals surface area contributed by atoms with Crippen molar-refractivity contribution in [1.29, 1.82) is 5.26 Å². The molecule has 100 valence electrons. The minimum atomic E-state index is -1.13. The molecule has 0 aromatic carbocycles. The van der Waals surface area contributed by atoms with E-state index in [1.807, 2.05) is 0 Å². The third kappa shape index (κ3) is 4.22. The number of aromatic nitrogens is 2. The molecular formula is C11H12N4O3S. The van der Waals surface area contributed by atoms with Gasteiger partial charge in [-0.1, -0.05) is 11.8 Å². The topological polar surface area (TPSA) is 116 Å². The van der Waals surface area contributed by atoms with Crippen molar-refractivity contribution in [2.24, 2.45) is 0 Å². The quantitative estimate of drug-likeness (QED) is 0.459. The second-order valence-electron chi connectivity index (χ2n) is 3.57. The highest BCUT2D eigenvalue weighted by Crippen LogP contribution is 2.22. The number of nitrogens with one attached hydrogen (secondary N) is 1. The predicted molar refractivity (Wildman–Crippen MR) is 67.8 cm³/mol. The lowest BCUT2D eigenvalue weighted by molar-refractivity contribution is -0.118. The highest BCUT2D eigenvalue weighted by Gasteiger charge is 2.18. The molecule has 2 N–H and O–H groups in total. The Morgan fingerprint density at radius 1 is 1.42 bits per heavy atom. The number of aryl methyl sites for hydroxylation is 2. The molecular weight excluding hydrogens is 268 g/mol. The minimum Gasteiger partial charge on any atom is -0.478 e. The fraction of sp³-hybridized carbons (Fsp3) is 0.364. The van der Waals surface area contributed by atoms with E-state index in [-0.39, 0.29) is 28.8 Å². The van der Waals surface area contributed by atoms with Crippen LogP contribution in [0.25, 0.3) is 0 Å². The van der Waals surface area contributed by atoms with Crippen LogP contribution in [0.4, 0.5) is 0 Å². The van der Waals surface area contributed by atoms with Crippen molar-refractivity contribution in [3.8, 4) is 6.07 Å². The van der Waals surface area contributed by atoms with Gasteiger partial charge in [0.25, 0.3) is 0 Å². The fourth-order valence-corrected chi connectivity index (χ4v) is 2.30. The molecule has 0 atom stereocenters. The highest BCUT2D eigenvalue weighted by molar-refractivity contribution is 8.00. The Morgan fingerprint density at radius 3 is 2.68 bits per heavy atom. The van der Waals surface area contributed by atoms with Crippen LogP contribution in [0.1, 0.15) is 21.9 Å². The first-order valence-corrected chi connectivity index (χ1v) is 6.29. The molecule has 0 radical (unpaired) electrons. The summed E-state index contributed by atoms with van der Waals surface area (Å²) in [5.41, 5.74) is 0.364. The van der Waals surface area contributed by atoms with Crippen molar-refractivity contribution in [1.82, 2.24) is 15.3 Å². The average molecular weight is 280 g/mol. The van der Waals surface area contributed by atoms with Crippen LogP contribution in [0.2, 0.25) is 0 Å². The number of hydrogen-bond acceptors (Lipinski definition) is 6. The third-order valence-electron chi connectivity index (χ3n) is 2.09. The van der Waals surface area contributed by atoms with Crippen molar-refractivity contribution < 1.29 is 14.7 Å². The largest absolute Gasteiger partial charge is 0.478 e. The van der Waals surface area contributed by atoms with E-state index in [2.05, 4.69) is 15.3 Å². The Bertz CT molecular complexity index is 554. The Labute approximate surface area is 114 Å². The molecule has 1 amide bonds. The SMILES string of the molecule is Cc1nc(C)c(C(=O)O)c(SCC(=O)NCC#N)n1. The first kappa shape index (κ1) is 14.9. The Hall–Kier alpha value is -2.14. The molecule has 0 saturated heterocycles. The molecule has 0 spiro atoms. The van der Waals surface area contributed by atoms with E-state index in [1.165, 1.54) is 0 Å². The average Bonchev–Trinajstić information content (AvgIpc) is 2.32. The smallest absolute Gasteiger partial charge is 0.340 e. The summed E-state index contributed by atoms with van der Waals surface area (Å²) >= 11 is 1.01. The number of thioether (sulfide) groups is 1. The summed E-state index contributed by atoms with van der Waals surface area (Å²) in [6.07, 6.45) is 0. The normalized spacial score (nSPS) is 9.74. The maximum absolute atomic E-state index is 11.4. The summed E-state index contributed by atoms with van der Waals surface area (Å²) in [7, 11) is 0. The van der Waals surface area contributed by atoms with Crippen LogP contribution in [0.15, 0.2) is 5.03 Å².